The highest BCUT2D eigenvalue weighted by atomic mass is 32.2. The minimum atomic E-state index is -1.06. The van der Waals surface area contributed by atoms with Gasteiger partial charge >= 0.3 is 0 Å². The zero-order valence-electron chi connectivity index (χ0n) is 12.3. The Bertz CT molecular complexity index is 448. The minimum Gasteiger partial charge on any atom is -0.313 e. The van der Waals surface area contributed by atoms with Gasteiger partial charge in [0.2, 0.25) is 0 Å². The molecule has 112 valence electrons. The lowest BCUT2D eigenvalue weighted by atomic mass is 9.84. The molecule has 1 aromatic rings. The van der Waals surface area contributed by atoms with Gasteiger partial charge in [-0.05, 0) is 56.0 Å². The van der Waals surface area contributed by atoms with Crippen molar-refractivity contribution >= 4 is 10.8 Å². The van der Waals surface area contributed by atoms with Gasteiger partial charge in [0, 0.05) is 10.9 Å². The van der Waals surface area contributed by atoms with Crippen LogP contribution in [0.4, 0.5) is 4.39 Å². The van der Waals surface area contributed by atoms with Crippen LogP contribution in [0.3, 0.4) is 0 Å². The first-order valence-electron chi connectivity index (χ1n) is 7.55. The molecule has 4 heteroatoms. The third kappa shape index (κ3) is 3.67. The van der Waals surface area contributed by atoms with E-state index in [1.807, 2.05) is 0 Å². The number of hydrogen-bond acceptors (Lipinski definition) is 2. The lowest BCUT2D eigenvalue weighted by molar-refractivity contribution is 0.294. The molecule has 1 saturated carbocycles. The van der Waals surface area contributed by atoms with E-state index in [1.54, 1.807) is 12.1 Å². The Balaban J connectivity index is 2.16. The maximum Gasteiger partial charge on any atom is 0.123 e. The molecule has 2 nitrogen and oxygen atoms in total. The average molecular weight is 297 g/mol. The minimum absolute atomic E-state index is 0.138. The fraction of sp³-hybridized carbons (Fsp3) is 0.625. The highest BCUT2D eigenvalue weighted by molar-refractivity contribution is 7.85. The van der Waals surface area contributed by atoms with Crippen LogP contribution < -0.4 is 5.32 Å². The zero-order chi connectivity index (χ0) is 14.5. The molecule has 4 atom stereocenters. The summed E-state index contributed by atoms with van der Waals surface area (Å²) in [5, 5.41) is 3.61. The predicted molar refractivity (Wildman–Crippen MR) is 81.7 cm³/mol. The second kappa shape index (κ2) is 7.32. The first-order chi connectivity index (χ1) is 9.65. The number of hydrogen-bond donors (Lipinski definition) is 1. The van der Waals surface area contributed by atoms with Crippen molar-refractivity contribution in [3.05, 3.63) is 30.1 Å². The molecule has 0 spiro atoms. The Morgan fingerprint density at radius 1 is 1.25 bits per heavy atom. The number of benzene rings is 1. The average Bonchev–Trinajstić information content (AvgIpc) is 2.48. The van der Waals surface area contributed by atoms with Crippen molar-refractivity contribution in [1.29, 1.82) is 0 Å². The van der Waals surface area contributed by atoms with Gasteiger partial charge in [0.05, 0.1) is 16.0 Å². The van der Waals surface area contributed by atoms with Crippen molar-refractivity contribution in [2.24, 2.45) is 5.92 Å². The largest absolute Gasteiger partial charge is 0.313 e. The molecule has 0 bridgehead atoms. The van der Waals surface area contributed by atoms with E-state index < -0.39 is 10.8 Å². The molecule has 0 radical (unpaired) electrons. The molecule has 1 aromatic carbocycles. The molecule has 0 heterocycles. The van der Waals surface area contributed by atoms with Crippen LogP contribution in [0.5, 0.6) is 0 Å². The van der Waals surface area contributed by atoms with Gasteiger partial charge in [0.25, 0.3) is 0 Å². The van der Waals surface area contributed by atoms with E-state index in [1.165, 1.54) is 18.6 Å². The summed E-state index contributed by atoms with van der Waals surface area (Å²) in [5.41, 5.74) is 0. The first-order valence-corrected chi connectivity index (χ1v) is 8.76. The summed E-state index contributed by atoms with van der Waals surface area (Å²) in [5.74, 6) is 0.392. The van der Waals surface area contributed by atoms with Gasteiger partial charge < -0.3 is 5.32 Å². The van der Waals surface area contributed by atoms with Crippen molar-refractivity contribution in [2.75, 3.05) is 6.54 Å². The maximum atomic E-state index is 13.0. The third-order valence-corrected chi connectivity index (χ3v) is 6.07. The van der Waals surface area contributed by atoms with Gasteiger partial charge in [0.1, 0.15) is 5.82 Å². The Kier molecular flexibility index (Phi) is 5.73. The molecule has 4 unspecified atom stereocenters. The highest BCUT2D eigenvalue weighted by Crippen LogP contribution is 2.32. The van der Waals surface area contributed by atoms with Crippen LogP contribution in [0.2, 0.25) is 0 Å². The van der Waals surface area contributed by atoms with Gasteiger partial charge in [0.15, 0.2) is 0 Å². The highest BCUT2D eigenvalue weighted by Gasteiger charge is 2.33. The number of nitrogens with one attached hydrogen (secondary N) is 1. The second-order valence-corrected chi connectivity index (χ2v) is 7.21. The van der Waals surface area contributed by atoms with E-state index in [4.69, 9.17) is 0 Å². The molecular formula is C16H24FNOS. The second-order valence-electron chi connectivity index (χ2n) is 5.54. The molecule has 0 amide bonds. The fourth-order valence-electron chi connectivity index (χ4n) is 3.06. The van der Waals surface area contributed by atoms with E-state index >= 15 is 0 Å². The van der Waals surface area contributed by atoms with Crippen LogP contribution in [0.25, 0.3) is 0 Å². The Morgan fingerprint density at radius 2 is 1.95 bits per heavy atom. The summed E-state index contributed by atoms with van der Waals surface area (Å²) < 4.78 is 25.8. The van der Waals surface area contributed by atoms with Crippen LogP contribution in [0.15, 0.2) is 29.2 Å². The monoisotopic (exact) mass is 297 g/mol. The van der Waals surface area contributed by atoms with E-state index in [9.17, 15) is 8.60 Å². The molecule has 0 aliphatic heterocycles. The van der Waals surface area contributed by atoms with E-state index in [0.717, 1.165) is 30.7 Å². The topological polar surface area (TPSA) is 29.1 Å². The van der Waals surface area contributed by atoms with E-state index in [-0.39, 0.29) is 11.1 Å². The molecular weight excluding hydrogens is 273 g/mol. The van der Waals surface area contributed by atoms with Crippen molar-refractivity contribution < 1.29 is 8.60 Å². The van der Waals surface area contributed by atoms with Crippen LogP contribution >= 0.6 is 0 Å². The first kappa shape index (κ1) is 15.6. The summed E-state index contributed by atoms with van der Waals surface area (Å²) in [4.78, 5) is 0.746. The van der Waals surface area contributed by atoms with E-state index in [2.05, 4.69) is 19.2 Å². The molecule has 1 aliphatic carbocycles. The quantitative estimate of drug-likeness (QED) is 0.901. The molecule has 2 rings (SSSR count). The zero-order valence-corrected chi connectivity index (χ0v) is 13.1. The standard InChI is InChI=1S/C16H24FNOS/c1-3-12-5-10-15(18-4-2)16(11-12)20(19)14-8-6-13(17)7-9-14/h6-9,12,15-16,18H,3-5,10-11H2,1-2H3. The molecule has 20 heavy (non-hydrogen) atoms. The third-order valence-electron chi connectivity index (χ3n) is 4.26. The number of halogens is 1. The lowest BCUT2D eigenvalue weighted by Gasteiger charge is -2.35. The van der Waals surface area contributed by atoms with Gasteiger partial charge in [-0.1, -0.05) is 20.3 Å². The van der Waals surface area contributed by atoms with Crippen molar-refractivity contribution in [3.8, 4) is 0 Å². The SMILES string of the molecule is CCNC1CCC(CC)CC1S(=O)c1ccc(F)cc1. The van der Waals surface area contributed by atoms with Crippen molar-refractivity contribution in [1.82, 2.24) is 5.32 Å². The normalized spacial score (nSPS) is 28.2. The lowest BCUT2D eigenvalue weighted by Crippen LogP contribution is -2.46. The van der Waals surface area contributed by atoms with Crippen LogP contribution in [0, 0.1) is 11.7 Å². The Morgan fingerprint density at radius 3 is 2.55 bits per heavy atom. The fourth-order valence-corrected chi connectivity index (χ4v) is 4.79. The van der Waals surface area contributed by atoms with Crippen LogP contribution in [0.1, 0.15) is 39.5 Å². The number of rotatable bonds is 5. The van der Waals surface area contributed by atoms with Gasteiger partial charge in [-0.15, -0.1) is 0 Å². The molecule has 1 aliphatic rings. The molecule has 0 aromatic heterocycles. The molecule has 0 saturated heterocycles. The summed E-state index contributed by atoms with van der Waals surface area (Å²) >= 11 is 0. The van der Waals surface area contributed by atoms with Gasteiger partial charge in [-0.3, -0.25) is 4.21 Å². The smallest absolute Gasteiger partial charge is 0.123 e. The van der Waals surface area contributed by atoms with E-state index in [0.29, 0.717) is 12.0 Å². The van der Waals surface area contributed by atoms with Gasteiger partial charge in [-0.25, -0.2) is 4.39 Å². The summed E-state index contributed by atoms with van der Waals surface area (Å²) in [7, 11) is -1.06. The molecule has 1 fully saturated rings. The van der Waals surface area contributed by atoms with Crippen molar-refractivity contribution in [3.63, 3.8) is 0 Å². The Labute approximate surface area is 123 Å². The van der Waals surface area contributed by atoms with Gasteiger partial charge in [-0.2, -0.15) is 0 Å². The van der Waals surface area contributed by atoms with Crippen LogP contribution in [-0.4, -0.2) is 22.0 Å². The summed E-state index contributed by atoms with van der Waals surface area (Å²) in [6.07, 6.45) is 4.45. The van der Waals surface area contributed by atoms with Crippen LogP contribution in [-0.2, 0) is 10.8 Å². The predicted octanol–water partition coefficient (Wildman–Crippen LogP) is 3.49. The van der Waals surface area contributed by atoms with Crippen molar-refractivity contribution in [2.45, 2.75) is 55.7 Å². The molecule has 1 N–H and O–H groups in total. The summed E-state index contributed by atoms with van der Waals surface area (Å²) in [6.45, 7) is 5.19. The summed E-state index contributed by atoms with van der Waals surface area (Å²) in [6, 6.07) is 6.42. The Hall–Kier alpha value is -0.740. The maximum absolute atomic E-state index is 13.0.